The largest absolute Gasteiger partial charge is 0.323 e. The van der Waals surface area contributed by atoms with Crippen LogP contribution in [0.5, 0.6) is 0 Å². The van der Waals surface area contributed by atoms with Crippen LogP contribution in [0, 0.1) is 0 Å². The molecule has 2 aromatic carbocycles. The second kappa shape index (κ2) is 7.59. The molecule has 0 aliphatic carbocycles. The number of rotatable bonds is 4. The van der Waals surface area contributed by atoms with Crippen molar-refractivity contribution in [2.75, 3.05) is 16.8 Å². The molecule has 2 aromatic rings. The van der Waals surface area contributed by atoms with Gasteiger partial charge in [0.25, 0.3) is 0 Å². The van der Waals surface area contributed by atoms with Gasteiger partial charge in [0.05, 0.1) is 0 Å². The molecule has 0 unspecified atom stereocenters. The highest BCUT2D eigenvalue weighted by atomic mass is 16.2. The molecule has 4 nitrogen and oxygen atoms in total. The van der Waals surface area contributed by atoms with E-state index < -0.39 is 0 Å². The molecule has 0 bridgehead atoms. The van der Waals surface area contributed by atoms with Crippen molar-refractivity contribution in [1.82, 2.24) is 0 Å². The number of benzene rings is 2. The molecular formula is C20H20N2O2. The molecule has 0 atom stereocenters. The standard InChI is InChI=1S/C20H20N2O2/c23-19(14-9-16-6-2-1-3-7-16)21-17-10-12-18(13-11-17)22-15-5-4-8-20(22)24/h1-3,6-7,9-14H,4-5,8,15H2,(H,21,23)/b14-9+. The minimum absolute atomic E-state index is 0.170. The van der Waals surface area contributed by atoms with Crippen LogP contribution in [0.2, 0.25) is 0 Å². The fraction of sp³-hybridized carbons (Fsp3) is 0.200. The summed E-state index contributed by atoms with van der Waals surface area (Å²) in [5.41, 5.74) is 2.58. The van der Waals surface area contributed by atoms with E-state index in [0.717, 1.165) is 30.6 Å². The number of nitrogens with one attached hydrogen (secondary N) is 1. The average molecular weight is 320 g/mol. The van der Waals surface area contributed by atoms with Crippen LogP contribution in [0.25, 0.3) is 6.08 Å². The number of piperidine rings is 1. The summed E-state index contributed by atoms with van der Waals surface area (Å²) in [5, 5.41) is 2.82. The van der Waals surface area contributed by atoms with Crippen LogP contribution in [0.3, 0.4) is 0 Å². The summed E-state index contributed by atoms with van der Waals surface area (Å²) in [6, 6.07) is 17.1. The summed E-state index contributed by atoms with van der Waals surface area (Å²) >= 11 is 0. The maximum absolute atomic E-state index is 12.0. The SMILES string of the molecule is O=C(/C=C/c1ccccc1)Nc1ccc(N2CCCCC2=O)cc1. The summed E-state index contributed by atoms with van der Waals surface area (Å²) in [6.45, 7) is 0.768. The summed E-state index contributed by atoms with van der Waals surface area (Å²) in [4.78, 5) is 25.7. The Balaban J connectivity index is 1.60. The Bertz CT molecular complexity index is 736. The Morgan fingerprint density at radius 2 is 1.75 bits per heavy atom. The molecule has 0 saturated carbocycles. The summed E-state index contributed by atoms with van der Waals surface area (Å²) < 4.78 is 0. The van der Waals surface area contributed by atoms with Crippen LogP contribution >= 0.6 is 0 Å². The molecular weight excluding hydrogens is 300 g/mol. The van der Waals surface area contributed by atoms with Crippen molar-refractivity contribution >= 4 is 29.3 Å². The molecule has 1 aliphatic heterocycles. The number of carbonyl (C=O) groups excluding carboxylic acids is 2. The monoisotopic (exact) mass is 320 g/mol. The van der Waals surface area contributed by atoms with Crippen LogP contribution in [0.4, 0.5) is 11.4 Å². The van der Waals surface area contributed by atoms with Gasteiger partial charge in [-0.3, -0.25) is 9.59 Å². The predicted octanol–water partition coefficient (Wildman–Crippen LogP) is 3.86. The van der Waals surface area contributed by atoms with E-state index in [2.05, 4.69) is 5.32 Å². The van der Waals surface area contributed by atoms with Gasteiger partial charge in [-0.05, 0) is 48.7 Å². The molecule has 1 fully saturated rings. The lowest BCUT2D eigenvalue weighted by atomic mass is 10.1. The van der Waals surface area contributed by atoms with E-state index in [1.807, 2.05) is 59.5 Å². The van der Waals surface area contributed by atoms with E-state index in [4.69, 9.17) is 0 Å². The van der Waals surface area contributed by atoms with E-state index in [9.17, 15) is 9.59 Å². The molecule has 1 heterocycles. The van der Waals surface area contributed by atoms with Gasteiger partial charge in [0, 0.05) is 30.4 Å². The third-order valence-corrected chi connectivity index (χ3v) is 4.00. The number of carbonyl (C=O) groups is 2. The van der Waals surface area contributed by atoms with Crippen LogP contribution in [-0.4, -0.2) is 18.4 Å². The van der Waals surface area contributed by atoms with Crippen molar-refractivity contribution in [2.45, 2.75) is 19.3 Å². The fourth-order valence-electron chi connectivity index (χ4n) is 2.72. The van der Waals surface area contributed by atoms with Crippen molar-refractivity contribution in [2.24, 2.45) is 0 Å². The Kier molecular flexibility index (Phi) is 5.06. The molecule has 24 heavy (non-hydrogen) atoms. The number of nitrogens with zero attached hydrogens (tertiary/aromatic N) is 1. The van der Waals surface area contributed by atoms with E-state index in [0.29, 0.717) is 12.1 Å². The molecule has 122 valence electrons. The minimum Gasteiger partial charge on any atom is -0.323 e. The van der Waals surface area contributed by atoms with Gasteiger partial charge in [-0.2, -0.15) is 0 Å². The van der Waals surface area contributed by atoms with Crippen molar-refractivity contribution in [3.8, 4) is 0 Å². The van der Waals surface area contributed by atoms with Gasteiger partial charge < -0.3 is 10.2 Å². The normalized spacial score (nSPS) is 14.8. The van der Waals surface area contributed by atoms with Crippen LogP contribution < -0.4 is 10.2 Å². The minimum atomic E-state index is -0.180. The number of anilines is 2. The number of amides is 2. The molecule has 2 amide bonds. The highest BCUT2D eigenvalue weighted by Crippen LogP contribution is 2.22. The molecule has 1 aliphatic rings. The fourth-order valence-corrected chi connectivity index (χ4v) is 2.72. The smallest absolute Gasteiger partial charge is 0.248 e. The van der Waals surface area contributed by atoms with Gasteiger partial charge in [0.2, 0.25) is 11.8 Å². The summed E-state index contributed by atoms with van der Waals surface area (Å²) in [5.74, 6) is -0.00974. The lowest BCUT2D eigenvalue weighted by molar-refractivity contribution is -0.119. The summed E-state index contributed by atoms with van der Waals surface area (Å²) in [7, 11) is 0. The molecule has 3 rings (SSSR count). The Labute approximate surface area is 141 Å². The van der Waals surface area contributed by atoms with Crippen LogP contribution in [-0.2, 0) is 9.59 Å². The van der Waals surface area contributed by atoms with Crippen molar-refractivity contribution in [1.29, 1.82) is 0 Å². The third kappa shape index (κ3) is 4.10. The second-order valence-electron chi connectivity index (χ2n) is 5.78. The van der Waals surface area contributed by atoms with Crippen molar-refractivity contribution in [3.63, 3.8) is 0 Å². The zero-order valence-electron chi connectivity index (χ0n) is 13.4. The van der Waals surface area contributed by atoms with Gasteiger partial charge >= 0.3 is 0 Å². The first-order valence-electron chi connectivity index (χ1n) is 8.17. The molecule has 4 heteroatoms. The highest BCUT2D eigenvalue weighted by Gasteiger charge is 2.19. The van der Waals surface area contributed by atoms with Gasteiger partial charge in [0.15, 0.2) is 0 Å². The van der Waals surface area contributed by atoms with Crippen molar-refractivity contribution in [3.05, 3.63) is 66.2 Å². The molecule has 1 saturated heterocycles. The van der Waals surface area contributed by atoms with Crippen LogP contribution in [0.15, 0.2) is 60.7 Å². The van der Waals surface area contributed by atoms with Gasteiger partial charge in [-0.15, -0.1) is 0 Å². The average Bonchev–Trinajstić information content (AvgIpc) is 2.62. The number of hydrogen-bond acceptors (Lipinski definition) is 2. The van der Waals surface area contributed by atoms with Crippen LogP contribution in [0.1, 0.15) is 24.8 Å². The zero-order chi connectivity index (χ0) is 16.8. The number of hydrogen-bond donors (Lipinski definition) is 1. The first-order valence-corrected chi connectivity index (χ1v) is 8.17. The third-order valence-electron chi connectivity index (χ3n) is 4.00. The lowest BCUT2D eigenvalue weighted by Gasteiger charge is -2.26. The predicted molar refractivity (Wildman–Crippen MR) is 96.8 cm³/mol. The molecule has 0 radical (unpaired) electrons. The van der Waals surface area contributed by atoms with E-state index in [1.54, 1.807) is 6.08 Å². The van der Waals surface area contributed by atoms with Gasteiger partial charge in [-0.25, -0.2) is 0 Å². The molecule has 0 aromatic heterocycles. The Morgan fingerprint density at radius 1 is 1.00 bits per heavy atom. The summed E-state index contributed by atoms with van der Waals surface area (Å²) in [6.07, 6.45) is 5.90. The second-order valence-corrected chi connectivity index (χ2v) is 5.78. The van der Waals surface area contributed by atoms with E-state index in [1.165, 1.54) is 6.08 Å². The maximum Gasteiger partial charge on any atom is 0.248 e. The first-order chi connectivity index (χ1) is 11.7. The maximum atomic E-state index is 12.0. The van der Waals surface area contributed by atoms with Gasteiger partial charge in [-0.1, -0.05) is 30.3 Å². The first kappa shape index (κ1) is 16.0. The Hall–Kier alpha value is -2.88. The quantitative estimate of drug-likeness (QED) is 0.870. The van der Waals surface area contributed by atoms with Crippen molar-refractivity contribution < 1.29 is 9.59 Å². The zero-order valence-corrected chi connectivity index (χ0v) is 13.4. The topological polar surface area (TPSA) is 49.4 Å². The van der Waals surface area contributed by atoms with E-state index in [-0.39, 0.29) is 11.8 Å². The van der Waals surface area contributed by atoms with E-state index >= 15 is 0 Å². The Morgan fingerprint density at radius 3 is 2.46 bits per heavy atom. The highest BCUT2D eigenvalue weighted by molar-refractivity contribution is 6.02. The molecule has 0 spiro atoms. The van der Waals surface area contributed by atoms with Gasteiger partial charge in [0.1, 0.15) is 0 Å². The molecule has 1 N–H and O–H groups in total. The lowest BCUT2D eigenvalue weighted by Crippen LogP contribution is -2.35.